The van der Waals surface area contributed by atoms with Crippen LogP contribution in [0.5, 0.6) is 0 Å². The lowest BCUT2D eigenvalue weighted by Crippen LogP contribution is -2.55. The number of thioether (sulfide) groups is 1. The van der Waals surface area contributed by atoms with Crippen molar-refractivity contribution < 1.29 is 4.74 Å². The lowest BCUT2D eigenvalue weighted by Gasteiger charge is -2.48. The van der Waals surface area contributed by atoms with Crippen molar-refractivity contribution in [2.24, 2.45) is 5.92 Å². The van der Waals surface area contributed by atoms with Crippen LogP contribution in [-0.2, 0) is 4.74 Å². The Morgan fingerprint density at radius 3 is 3.00 bits per heavy atom. The van der Waals surface area contributed by atoms with Gasteiger partial charge in [0.25, 0.3) is 0 Å². The molecule has 2 nitrogen and oxygen atoms in total. The molecule has 0 unspecified atom stereocenters. The molecular formula is C16H21NOS. The molecule has 0 spiro atoms. The first-order valence-electron chi connectivity index (χ1n) is 7.43. The summed E-state index contributed by atoms with van der Waals surface area (Å²) in [5.41, 5.74) is 0. The van der Waals surface area contributed by atoms with Gasteiger partial charge in [-0.05, 0) is 37.3 Å². The summed E-state index contributed by atoms with van der Waals surface area (Å²) in [5, 5.41) is 0. The Hall–Kier alpha value is -0.510. The van der Waals surface area contributed by atoms with Gasteiger partial charge in [-0.15, -0.1) is 11.8 Å². The first kappa shape index (κ1) is 12.2. The van der Waals surface area contributed by atoms with Crippen molar-refractivity contribution in [1.29, 1.82) is 0 Å². The second-order valence-electron chi connectivity index (χ2n) is 6.14. The van der Waals surface area contributed by atoms with Crippen molar-refractivity contribution in [1.82, 2.24) is 4.90 Å². The molecule has 3 atom stereocenters. The van der Waals surface area contributed by atoms with Crippen LogP contribution in [0.2, 0.25) is 0 Å². The standard InChI is InChI=1S/C16H21NOS/c1-2-6-14(7-3-1)19-16-8-4-5-13-11-18-12-17(10-9-16)15(13)16/h1-3,6-7,13,15H,4-5,8-12H2/t13-,15+,16+/m1/s1. The highest BCUT2D eigenvalue weighted by Crippen LogP contribution is 2.54. The van der Waals surface area contributed by atoms with E-state index < -0.39 is 0 Å². The molecule has 0 aromatic heterocycles. The van der Waals surface area contributed by atoms with Crippen LogP contribution in [0.3, 0.4) is 0 Å². The van der Waals surface area contributed by atoms with Crippen LogP contribution in [0.4, 0.5) is 0 Å². The van der Waals surface area contributed by atoms with Gasteiger partial charge in [-0.25, -0.2) is 0 Å². The van der Waals surface area contributed by atoms with Crippen LogP contribution in [-0.4, -0.2) is 35.6 Å². The van der Waals surface area contributed by atoms with Crippen LogP contribution < -0.4 is 0 Å². The maximum Gasteiger partial charge on any atom is 0.0993 e. The minimum absolute atomic E-state index is 0.452. The molecule has 19 heavy (non-hydrogen) atoms. The molecule has 0 bridgehead atoms. The first-order valence-corrected chi connectivity index (χ1v) is 8.25. The third kappa shape index (κ3) is 2.03. The number of hydrogen-bond donors (Lipinski definition) is 0. The van der Waals surface area contributed by atoms with Crippen LogP contribution in [0.1, 0.15) is 25.7 Å². The molecule has 3 heteroatoms. The number of hydrogen-bond acceptors (Lipinski definition) is 3. The maximum atomic E-state index is 5.78. The molecule has 2 saturated heterocycles. The normalized spacial score (nSPS) is 38.1. The van der Waals surface area contributed by atoms with Gasteiger partial charge in [-0.2, -0.15) is 0 Å². The van der Waals surface area contributed by atoms with E-state index in [1.54, 1.807) is 0 Å². The van der Waals surface area contributed by atoms with Gasteiger partial charge in [-0.3, -0.25) is 4.90 Å². The summed E-state index contributed by atoms with van der Waals surface area (Å²) in [7, 11) is 0. The van der Waals surface area contributed by atoms with Crippen LogP contribution >= 0.6 is 11.8 Å². The Labute approximate surface area is 119 Å². The fourth-order valence-electron chi connectivity index (χ4n) is 4.30. The highest BCUT2D eigenvalue weighted by molar-refractivity contribution is 8.00. The van der Waals surface area contributed by atoms with Gasteiger partial charge in [0.2, 0.25) is 0 Å². The average molecular weight is 275 g/mol. The highest BCUT2D eigenvalue weighted by Gasteiger charge is 2.54. The van der Waals surface area contributed by atoms with E-state index in [2.05, 4.69) is 47.0 Å². The number of benzene rings is 1. The van der Waals surface area contributed by atoms with Crippen molar-refractivity contribution in [3.63, 3.8) is 0 Å². The summed E-state index contributed by atoms with van der Waals surface area (Å²) >= 11 is 2.14. The summed E-state index contributed by atoms with van der Waals surface area (Å²) in [5.74, 6) is 0.765. The quantitative estimate of drug-likeness (QED) is 0.821. The van der Waals surface area contributed by atoms with Gasteiger partial charge in [0.05, 0.1) is 13.3 Å². The lowest BCUT2D eigenvalue weighted by molar-refractivity contribution is -0.0808. The fraction of sp³-hybridized carbons (Fsp3) is 0.625. The van der Waals surface area contributed by atoms with E-state index in [4.69, 9.17) is 4.74 Å². The smallest absolute Gasteiger partial charge is 0.0993 e. The lowest BCUT2D eigenvalue weighted by atomic mass is 9.76. The van der Waals surface area contributed by atoms with E-state index in [1.165, 1.54) is 37.1 Å². The molecular weight excluding hydrogens is 254 g/mol. The summed E-state index contributed by atoms with van der Waals surface area (Å²) in [6.45, 7) is 3.07. The van der Waals surface area contributed by atoms with Gasteiger partial charge in [0.1, 0.15) is 0 Å². The van der Waals surface area contributed by atoms with E-state index in [0.717, 1.165) is 25.3 Å². The van der Waals surface area contributed by atoms with Crippen LogP contribution in [0.15, 0.2) is 35.2 Å². The Bertz CT molecular complexity index is 449. The van der Waals surface area contributed by atoms with Crippen molar-refractivity contribution in [2.45, 2.75) is 41.4 Å². The van der Waals surface area contributed by atoms with Gasteiger partial charge in [0.15, 0.2) is 0 Å². The highest BCUT2D eigenvalue weighted by atomic mass is 32.2. The first-order chi connectivity index (χ1) is 9.37. The second kappa shape index (κ2) is 4.80. The molecule has 3 fully saturated rings. The topological polar surface area (TPSA) is 12.5 Å². The summed E-state index contributed by atoms with van der Waals surface area (Å²) < 4.78 is 6.23. The minimum Gasteiger partial charge on any atom is -0.366 e. The van der Waals surface area contributed by atoms with Gasteiger partial charge < -0.3 is 4.74 Å². The van der Waals surface area contributed by atoms with E-state index in [1.807, 2.05) is 0 Å². The van der Waals surface area contributed by atoms with Crippen molar-refractivity contribution in [3.05, 3.63) is 30.3 Å². The van der Waals surface area contributed by atoms with Crippen LogP contribution in [0, 0.1) is 5.92 Å². The summed E-state index contributed by atoms with van der Waals surface area (Å²) in [6.07, 6.45) is 5.44. The van der Waals surface area contributed by atoms with Crippen molar-refractivity contribution in [3.8, 4) is 0 Å². The fourth-order valence-corrected chi connectivity index (χ4v) is 5.97. The molecule has 0 amide bonds. The van der Waals surface area contributed by atoms with Crippen molar-refractivity contribution >= 4 is 11.8 Å². The molecule has 0 radical (unpaired) electrons. The second-order valence-corrected chi connectivity index (χ2v) is 7.63. The van der Waals surface area contributed by atoms with E-state index in [0.29, 0.717) is 4.75 Å². The van der Waals surface area contributed by atoms with Gasteiger partial charge >= 0.3 is 0 Å². The molecule has 1 aromatic rings. The van der Waals surface area contributed by atoms with Crippen molar-refractivity contribution in [2.75, 3.05) is 19.9 Å². The predicted octanol–water partition coefficient (Wildman–Crippen LogP) is 3.38. The zero-order chi connectivity index (χ0) is 12.7. The monoisotopic (exact) mass is 275 g/mol. The summed E-state index contributed by atoms with van der Waals surface area (Å²) in [4.78, 5) is 4.04. The third-order valence-corrected chi connectivity index (χ3v) is 6.59. The van der Waals surface area contributed by atoms with E-state index in [-0.39, 0.29) is 0 Å². The number of ether oxygens (including phenoxy) is 1. The van der Waals surface area contributed by atoms with Crippen LogP contribution in [0.25, 0.3) is 0 Å². The largest absolute Gasteiger partial charge is 0.366 e. The molecule has 1 saturated carbocycles. The summed E-state index contributed by atoms with van der Waals surface area (Å²) in [6, 6.07) is 11.7. The molecule has 102 valence electrons. The predicted molar refractivity (Wildman–Crippen MR) is 78.3 cm³/mol. The van der Waals surface area contributed by atoms with E-state index in [9.17, 15) is 0 Å². The Kier molecular flexibility index (Phi) is 3.09. The number of nitrogens with zero attached hydrogens (tertiary/aromatic N) is 1. The Morgan fingerprint density at radius 2 is 2.11 bits per heavy atom. The molecule has 0 N–H and O–H groups in total. The average Bonchev–Trinajstić information content (AvgIpc) is 2.82. The maximum absolute atomic E-state index is 5.78. The molecule has 4 rings (SSSR count). The third-order valence-electron chi connectivity index (χ3n) is 5.03. The zero-order valence-electron chi connectivity index (χ0n) is 11.3. The molecule has 2 heterocycles. The molecule has 2 aliphatic heterocycles. The van der Waals surface area contributed by atoms with Gasteiger partial charge in [-0.1, -0.05) is 24.6 Å². The molecule has 1 aromatic carbocycles. The van der Waals surface area contributed by atoms with E-state index >= 15 is 0 Å². The van der Waals surface area contributed by atoms with Gasteiger partial charge in [0, 0.05) is 22.2 Å². The minimum atomic E-state index is 0.452. The molecule has 1 aliphatic carbocycles. The zero-order valence-corrected chi connectivity index (χ0v) is 12.1. The Morgan fingerprint density at radius 1 is 1.21 bits per heavy atom. The SMILES string of the molecule is c1ccc(S[C@@]23CCC[C@@H]4COCN(CC2)[C@@H]43)cc1. The number of rotatable bonds is 2. The molecule has 3 aliphatic rings. The Balaban J connectivity index is 1.64.